The maximum atomic E-state index is 13.2. The standard InChI is InChI=1S/C20H25NO2/c1-4-20(23-16-15-21(2)3,18-13-9-6-10-14-18)19(22)17-11-7-5-8-12-17/h5-14H,4,15-16H2,1-3H3. The second-order valence-electron chi connectivity index (χ2n) is 5.89. The maximum Gasteiger partial charge on any atom is 0.199 e. The Bertz CT molecular complexity index is 610. The molecule has 2 aromatic carbocycles. The summed E-state index contributed by atoms with van der Waals surface area (Å²) in [5, 5.41) is 0. The Balaban J connectivity index is 2.39. The van der Waals surface area contributed by atoms with Gasteiger partial charge in [-0.2, -0.15) is 0 Å². The van der Waals surface area contributed by atoms with E-state index in [0.717, 1.165) is 12.1 Å². The zero-order chi connectivity index (χ0) is 16.7. The average Bonchev–Trinajstić information content (AvgIpc) is 2.60. The number of benzene rings is 2. The molecule has 0 N–H and O–H groups in total. The molecule has 0 spiro atoms. The number of hydrogen-bond donors (Lipinski definition) is 0. The molecule has 0 fully saturated rings. The Labute approximate surface area is 138 Å². The molecule has 0 amide bonds. The van der Waals surface area contributed by atoms with E-state index in [9.17, 15) is 4.79 Å². The molecule has 1 unspecified atom stereocenters. The predicted molar refractivity (Wildman–Crippen MR) is 93.7 cm³/mol. The van der Waals surface area contributed by atoms with Gasteiger partial charge < -0.3 is 9.64 Å². The number of hydrogen-bond acceptors (Lipinski definition) is 3. The van der Waals surface area contributed by atoms with Gasteiger partial charge in [0.15, 0.2) is 11.4 Å². The Morgan fingerprint density at radius 1 is 1.00 bits per heavy atom. The summed E-state index contributed by atoms with van der Waals surface area (Å²) in [6.07, 6.45) is 0.595. The van der Waals surface area contributed by atoms with Gasteiger partial charge in [-0.05, 0) is 26.1 Å². The lowest BCUT2D eigenvalue weighted by Gasteiger charge is -2.32. The maximum absolute atomic E-state index is 13.2. The molecule has 2 aromatic rings. The number of rotatable bonds is 8. The second-order valence-corrected chi connectivity index (χ2v) is 5.89. The van der Waals surface area contributed by atoms with E-state index in [1.807, 2.05) is 81.7 Å². The molecule has 0 aliphatic heterocycles. The fraction of sp³-hybridized carbons (Fsp3) is 0.350. The third-order valence-corrected chi connectivity index (χ3v) is 4.03. The number of ketones is 1. The molecule has 0 saturated heterocycles. The average molecular weight is 311 g/mol. The molecule has 3 nitrogen and oxygen atoms in total. The molecule has 0 aromatic heterocycles. The highest BCUT2D eigenvalue weighted by atomic mass is 16.5. The summed E-state index contributed by atoms with van der Waals surface area (Å²) in [6.45, 7) is 3.29. The monoisotopic (exact) mass is 311 g/mol. The molecule has 122 valence electrons. The van der Waals surface area contributed by atoms with Gasteiger partial charge in [-0.25, -0.2) is 0 Å². The Kier molecular flexibility index (Phi) is 6.08. The lowest BCUT2D eigenvalue weighted by atomic mass is 9.83. The van der Waals surface area contributed by atoms with Crippen LogP contribution in [0.3, 0.4) is 0 Å². The molecule has 0 saturated carbocycles. The van der Waals surface area contributed by atoms with Gasteiger partial charge in [0.25, 0.3) is 0 Å². The highest BCUT2D eigenvalue weighted by Gasteiger charge is 2.40. The zero-order valence-corrected chi connectivity index (χ0v) is 14.2. The minimum atomic E-state index is -0.932. The first-order chi connectivity index (χ1) is 11.1. The van der Waals surface area contributed by atoms with Crippen molar-refractivity contribution < 1.29 is 9.53 Å². The van der Waals surface area contributed by atoms with Crippen molar-refractivity contribution in [1.82, 2.24) is 4.90 Å². The van der Waals surface area contributed by atoms with Gasteiger partial charge in [0.1, 0.15) is 0 Å². The highest BCUT2D eigenvalue weighted by molar-refractivity contribution is 6.03. The SMILES string of the molecule is CCC(OCCN(C)C)(C(=O)c1ccccc1)c1ccccc1. The number of carbonyl (C=O) groups is 1. The van der Waals surface area contributed by atoms with E-state index in [1.54, 1.807) is 0 Å². The molecular formula is C20H25NO2. The van der Waals surface area contributed by atoms with Crippen LogP contribution < -0.4 is 0 Å². The second kappa shape index (κ2) is 8.04. The van der Waals surface area contributed by atoms with Gasteiger partial charge in [-0.15, -0.1) is 0 Å². The van der Waals surface area contributed by atoms with Crippen molar-refractivity contribution in [3.05, 3.63) is 71.8 Å². The molecular weight excluding hydrogens is 286 g/mol. The van der Waals surface area contributed by atoms with Crippen LogP contribution in [0.25, 0.3) is 0 Å². The molecule has 0 heterocycles. The first kappa shape index (κ1) is 17.4. The van der Waals surface area contributed by atoms with Crippen LogP contribution in [0.1, 0.15) is 29.3 Å². The van der Waals surface area contributed by atoms with Crippen LogP contribution >= 0.6 is 0 Å². The molecule has 0 aliphatic carbocycles. The van der Waals surface area contributed by atoms with E-state index in [0.29, 0.717) is 18.6 Å². The van der Waals surface area contributed by atoms with E-state index in [2.05, 4.69) is 4.90 Å². The van der Waals surface area contributed by atoms with E-state index in [-0.39, 0.29) is 5.78 Å². The Morgan fingerprint density at radius 3 is 2.09 bits per heavy atom. The zero-order valence-electron chi connectivity index (χ0n) is 14.2. The van der Waals surface area contributed by atoms with Crippen molar-refractivity contribution in [3.63, 3.8) is 0 Å². The lowest BCUT2D eigenvalue weighted by Crippen LogP contribution is -2.40. The van der Waals surface area contributed by atoms with Crippen molar-refractivity contribution >= 4 is 5.78 Å². The highest BCUT2D eigenvalue weighted by Crippen LogP contribution is 2.33. The van der Waals surface area contributed by atoms with Gasteiger partial charge in [-0.3, -0.25) is 4.79 Å². The summed E-state index contributed by atoms with van der Waals surface area (Å²) in [5.41, 5.74) is 0.664. The van der Waals surface area contributed by atoms with Gasteiger partial charge in [0.2, 0.25) is 0 Å². The lowest BCUT2D eigenvalue weighted by molar-refractivity contribution is -0.0360. The molecule has 0 radical (unpaired) electrons. The van der Waals surface area contributed by atoms with Crippen LogP contribution in [0.5, 0.6) is 0 Å². The number of ether oxygens (including phenoxy) is 1. The van der Waals surface area contributed by atoms with Crippen molar-refractivity contribution in [3.8, 4) is 0 Å². The number of carbonyl (C=O) groups excluding carboxylic acids is 1. The van der Waals surface area contributed by atoms with E-state index < -0.39 is 5.60 Å². The number of nitrogens with zero attached hydrogens (tertiary/aromatic N) is 1. The summed E-state index contributed by atoms with van der Waals surface area (Å²) >= 11 is 0. The van der Waals surface area contributed by atoms with Crippen molar-refractivity contribution in [2.75, 3.05) is 27.2 Å². The quantitative estimate of drug-likeness (QED) is 0.695. The number of likely N-dealkylation sites (N-methyl/N-ethyl adjacent to an activating group) is 1. The van der Waals surface area contributed by atoms with Crippen LogP contribution in [0, 0.1) is 0 Å². The Morgan fingerprint density at radius 2 is 1.57 bits per heavy atom. The molecule has 3 heteroatoms. The van der Waals surface area contributed by atoms with E-state index in [1.165, 1.54) is 0 Å². The molecule has 23 heavy (non-hydrogen) atoms. The van der Waals surface area contributed by atoms with Crippen molar-refractivity contribution in [1.29, 1.82) is 0 Å². The minimum Gasteiger partial charge on any atom is -0.361 e. The first-order valence-corrected chi connectivity index (χ1v) is 8.04. The van der Waals surface area contributed by atoms with E-state index >= 15 is 0 Å². The van der Waals surface area contributed by atoms with Crippen molar-refractivity contribution in [2.45, 2.75) is 18.9 Å². The normalized spacial score (nSPS) is 13.7. The molecule has 1 atom stereocenters. The van der Waals surface area contributed by atoms with Crippen molar-refractivity contribution in [2.24, 2.45) is 0 Å². The van der Waals surface area contributed by atoms with Crippen LogP contribution in [0.4, 0.5) is 0 Å². The van der Waals surface area contributed by atoms with Gasteiger partial charge in [0, 0.05) is 12.1 Å². The summed E-state index contributed by atoms with van der Waals surface area (Å²) < 4.78 is 6.20. The summed E-state index contributed by atoms with van der Waals surface area (Å²) in [4.78, 5) is 15.3. The minimum absolute atomic E-state index is 0.0190. The largest absolute Gasteiger partial charge is 0.361 e. The van der Waals surface area contributed by atoms with Crippen LogP contribution in [0.15, 0.2) is 60.7 Å². The molecule has 0 bridgehead atoms. The fourth-order valence-corrected chi connectivity index (χ4v) is 2.68. The third-order valence-electron chi connectivity index (χ3n) is 4.03. The topological polar surface area (TPSA) is 29.5 Å². The van der Waals surface area contributed by atoms with Gasteiger partial charge >= 0.3 is 0 Å². The third kappa shape index (κ3) is 4.06. The Hall–Kier alpha value is -1.97. The smallest absolute Gasteiger partial charge is 0.199 e. The van der Waals surface area contributed by atoms with Gasteiger partial charge in [-0.1, -0.05) is 67.6 Å². The van der Waals surface area contributed by atoms with Crippen LogP contribution in [0.2, 0.25) is 0 Å². The summed E-state index contributed by atoms with van der Waals surface area (Å²) in [7, 11) is 4.00. The first-order valence-electron chi connectivity index (χ1n) is 8.04. The summed E-state index contributed by atoms with van der Waals surface area (Å²) in [5.74, 6) is 0.0190. The van der Waals surface area contributed by atoms with Gasteiger partial charge in [0.05, 0.1) is 6.61 Å². The fourth-order valence-electron chi connectivity index (χ4n) is 2.68. The summed E-state index contributed by atoms with van der Waals surface area (Å²) in [6, 6.07) is 19.2. The molecule has 0 aliphatic rings. The van der Waals surface area contributed by atoms with Crippen LogP contribution in [-0.2, 0) is 10.3 Å². The number of Topliss-reactive ketones (excluding diaryl/α,β-unsaturated/α-hetero) is 1. The molecule has 2 rings (SSSR count). The van der Waals surface area contributed by atoms with E-state index in [4.69, 9.17) is 4.74 Å². The van der Waals surface area contributed by atoms with Crippen LogP contribution in [-0.4, -0.2) is 37.9 Å². The predicted octanol–water partition coefficient (Wildman–Crippen LogP) is 3.75.